The molecule has 2 atom stereocenters. The number of aliphatic hydroxyl groups excluding tert-OH is 1. The first kappa shape index (κ1) is 18.5. The minimum atomic E-state index is -0.273. The number of carbonyl (C=O) groups excluding carboxylic acids is 1. The summed E-state index contributed by atoms with van der Waals surface area (Å²) in [5.74, 6) is 0.838. The van der Waals surface area contributed by atoms with Crippen molar-refractivity contribution in [3.8, 4) is 0 Å². The molecule has 0 bridgehead atoms. The smallest absolute Gasteiger partial charge is 0.222 e. The third-order valence-electron chi connectivity index (χ3n) is 5.46. The van der Waals surface area contributed by atoms with Gasteiger partial charge in [0.15, 0.2) is 0 Å². The van der Waals surface area contributed by atoms with Crippen LogP contribution in [0.25, 0.3) is 0 Å². The van der Waals surface area contributed by atoms with Gasteiger partial charge >= 0.3 is 0 Å². The molecule has 2 fully saturated rings. The number of allylic oxidation sites excluding steroid dienone is 1. The molecule has 2 aliphatic heterocycles. The third kappa shape index (κ3) is 4.80. The number of amides is 1. The van der Waals surface area contributed by atoms with Crippen LogP contribution in [0.4, 0.5) is 0 Å². The maximum atomic E-state index is 12.5. The Kier molecular flexibility index (Phi) is 6.66. The van der Waals surface area contributed by atoms with Gasteiger partial charge in [-0.1, -0.05) is 26.0 Å². The van der Waals surface area contributed by atoms with Gasteiger partial charge in [0.2, 0.25) is 5.91 Å². The summed E-state index contributed by atoms with van der Waals surface area (Å²) < 4.78 is 0. The average molecular weight is 322 g/mol. The van der Waals surface area contributed by atoms with Crippen LogP contribution in [0.1, 0.15) is 52.9 Å². The van der Waals surface area contributed by atoms with Gasteiger partial charge in [0.1, 0.15) is 0 Å². The van der Waals surface area contributed by atoms with Crippen LogP contribution in [0.3, 0.4) is 0 Å². The van der Waals surface area contributed by atoms with Gasteiger partial charge in [0, 0.05) is 44.6 Å². The van der Waals surface area contributed by atoms with E-state index >= 15 is 0 Å². The fourth-order valence-corrected chi connectivity index (χ4v) is 4.00. The van der Waals surface area contributed by atoms with Gasteiger partial charge in [-0.25, -0.2) is 0 Å². The van der Waals surface area contributed by atoms with E-state index in [0.29, 0.717) is 12.3 Å². The molecular formula is C19H34N2O2. The van der Waals surface area contributed by atoms with Gasteiger partial charge < -0.3 is 10.0 Å². The van der Waals surface area contributed by atoms with Crippen molar-refractivity contribution in [1.82, 2.24) is 9.80 Å². The summed E-state index contributed by atoms with van der Waals surface area (Å²) in [6.07, 6.45) is 8.47. The van der Waals surface area contributed by atoms with Crippen molar-refractivity contribution in [3.05, 3.63) is 12.2 Å². The number of aliphatic hydroxyl groups is 1. The number of carbonyl (C=O) groups is 1. The second-order valence-electron chi connectivity index (χ2n) is 7.82. The molecule has 2 heterocycles. The molecule has 0 unspecified atom stereocenters. The third-order valence-corrected chi connectivity index (χ3v) is 5.46. The predicted octanol–water partition coefficient (Wildman–Crippen LogP) is 2.67. The van der Waals surface area contributed by atoms with Crippen LogP contribution in [-0.2, 0) is 4.79 Å². The van der Waals surface area contributed by atoms with Crippen LogP contribution >= 0.6 is 0 Å². The zero-order valence-electron chi connectivity index (χ0n) is 15.1. The lowest BCUT2D eigenvalue weighted by molar-refractivity contribution is -0.141. The zero-order chi connectivity index (χ0) is 16.9. The molecule has 0 aliphatic carbocycles. The van der Waals surface area contributed by atoms with E-state index < -0.39 is 0 Å². The fourth-order valence-electron chi connectivity index (χ4n) is 4.00. The molecule has 1 spiro atoms. The molecule has 0 radical (unpaired) electrons. The molecule has 4 heteroatoms. The van der Waals surface area contributed by atoms with Crippen molar-refractivity contribution < 1.29 is 9.90 Å². The molecular weight excluding hydrogens is 288 g/mol. The summed E-state index contributed by atoms with van der Waals surface area (Å²) in [6, 6.07) is 0. The van der Waals surface area contributed by atoms with Crippen molar-refractivity contribution in [2.75, 3.05) is 32.7 Å². The first-order chi connectivity index (χ1) is 11.0. The van der Waals surface area contributed by atoms with Crippen LogP contribution in [-0.4, -0.2) is 59.6 Å². The Morgan fingerprint density at radius 3 is 2.83 bits per heavy atom. The van der Waals surface area contributed by atoms with Crippen molar-refractivity contribution >= 4 is 5.91 Å². The summed E-state index contributed by atoms with van der Waals surface area (Å²) in [6.45, 7) is 10.8. The molecule has 4 nitrogen and oxygen atoms in total. The monoisotopic (exact) mass is 322 g/mol. The molecule has 1 amide bonds. The van der Waals surface area contributed by atoms with E-state index in [-0.39, 0.29) is 17.4 Å². The molecule has 2 aliphatic rings. The lowest BCUT2D eigenvalue weighted by atomic mass is 9.71. The second kappa shape index (κ2) is 8.29. The van der Waals surface area contributed by atoms with Gasteiger partial charge in [-0.15, -0.1) is 0 Å². The summed E-state index contributed by atoms with van der Waals surface area (Å²) in [5.41, 5.74) is -0.119. The predicted molar refractivity (Wildman–Crippen MR) is 94.2 cm³/mol. The molecule has 2 saturated heterocycles. The van der Waals surface area contributed by atoms with E-state index in [4.69, 9.17) is 0 Å². The highest BCUT2D eigenvalue weighted by Gasteiger charge is 2.45. The number of hydrogen-bond acceptors (Lipinski definition) is 3. The molecule has 0 aromatic rings. The molecule has 0 aromatic heterocycles. The number of piperidine rings is 2. The van der Waals surface area contributed by atoms with Crippen molar-refractivity contribution in [2.45, 2.75) is 59.0 Å². The van der Waals surface area contributed by atoms with E-state index in [0.717, 1.165) is 58.4 Å². The van der Waals surface area contributed by atoms with Gasteiger partial charge in [-0.2, -0.15) is 0 Å². The Labute approximate surface area is 141 Å². The first-order valence-electron chi connectivity index (χ1n) is 9.26. The Morgan fingerprint density at radius 2 is 2.13 bits per heavy atom. The Hall–Kier alpha value is -0.870. The number of likely N-dealkylation sites (tertiary alicyclic amines) is 2. The van der Waals surface area contributed by atoms with E-state index in [2.05, 4.69) is 30.9 Å². The summed E-state index contributed by atoms with van der Waals surface area (Å²) in [5, 5.41) is 10.7. The zero-order valence-corrected chi connectivity index (χ0v) is 15.1. The van der Waals surface area contributed by atoms with Crippen LogP contribution in [0.15, 0.2) is 12.2 Å². The second-order valence-corrected chi connectivity index (χ2v) is 7.82. The van der Waals surface area contributed by atoms with E-state index in [1.54, 1.807) is 0 Å². The maximum Gasteiger partial charge on any atom is 0.222 e. The lowest BCUT2D eigenvalue weighted by Crippen LogP contribution is -2.59. The molecule has 1 N–H and O–H groups in total. The molecule has 0 aromatic carbocycles. The van der Waals surface area contributed by atoms with Gasteiger partial charge in [0.25, 0.3) is 0 Å². The Bertz CT molecular complexity index is 422. The minimum Gasteiger partial charge on any atom is -0.392 e. The Balaban J connectivity index is 2.00. The van der Waals surface area contributed by atoms with Gasteiger partial charge in [0.05, 0.1) is 6.10 Å². The molecule has 132 valence electrons. The quantitative estimate of drug-likeness (QED) is 0.792. The number of nitrogens with zero attached hydrogens (tertiary/aromatic N) is 2. The summed E-state index contributed by atoms with van der Waals surface area (Å²) in [4.78, 5) is 17.0. The largest absolute Gasteiger partial charge is 0.392 e. The summed E-state index contributed by atoms with van der Waals surface area (Å²) in [7, 11) is 0. The first-order valence-corrected chi connectivity index (χ1v) is 9.26. The number of rotatable bonds is 5. The Morgan fingerprint density at radius 1 is 1.35 bits per heavy atom. The highest BCUT2D eigenvalue weighted by Crippen LogP contribution is 2.39. The van der Waals surface area contributed by atoms with E-state index in [1.165, 1.54) is 0 Å². The van der Waals surface area contributed by atoms with Gasteiger partial charge in [-0.3, -0.25) is 9.69 Å². The van der Waals surface area contributed by atoms with Crippen molar-refractivity contribution in [1.29, 1.82) is 0 Å². The van der Waals surface area contributed by atoms with Crippen molar-refractivity contribution in [3.63, 3.8) is 0 Å². The maximum absolute atomic E-state index is 12.5. The van der Waals surface area contributed by atoms with Crippen LogP contribution in [0.2, 0.25) is 0 Å². The highest BCUT2D eigenvalue weighted by molar-refractivity contribution is 5.76. The minimum absolute atomic E-state index is 0.119. The SMILES string of the molecule is CC=CCN1CC[C@@H](O)[C@]2(CCCN(C(=O)CCC(C)C)C2)C1. The fraction of sp³-hybridized carbons (Fsp3) is 0.842. The standard InChI is InChI=1S/C19H34N2O2/c1-4-5-11-20-13-9-17(22)19(14-20)10-6-12-21(15-19)18(23)8-7-16(2)3/h4-5,16-17,22H,6-15H2,1-3H3/t17-,19-/m1/s1. The molecule has 2 rings (SSSR count). The van der Waals surface area contributed by atoms with Crippen LogP contribution < -0.4 is 0 Å². The molecule has 23 heavy (non-hydrogen) atoms. The summed E-state index contributed by atoms with van der Waals surface area (Å²) >= 11 is 0. The van der Waals surface area contributed by atoms with E-state index in [9.17, 15) is 9.90 Å². The van der Waals surface area contributed by atoms with Crippen molar-refractivity contribution in [2.24, 2.45) is 11.3 Å². The van der Waals surface area contributed by atoms with Gasteiger partial charge in [-0.05, 0) is 38.5 Å². The topological polar surface area (TPSA) is 43.8 Å². The van der Waals surface area contributed by atoms with Crippen LogP contribution in [0.5, 0.6) is 0 Å². The normalized spacial score (nSPS) is 29.8. The van der Waals surface area contributed by atoms with E-state index in [1.807, 2.05) is 11.8 Å². The highest BCUT2D eigenvalue weighted by atomic mass is 16.3. The number of hydrogen-bond donors (Lipinski definition) is 1. The lowest BCUT2D eigenvalue weighted by Gasteiger charge is -2.51. The molecule has 0 saturated carbocycles. The average Bonchev–Trinajstić information content (AvgIpc) is 2.54. The van der Waals surface area contributed by atoms with Crippen LogP contribution in [0, 0.1) is 11.3 Å².